The highest BCUT2D eigenvalue weighted by atomic mass is 16.6. The summed E-state index contributed by atoms with van der Waals surface area (Å²) in [5.41, 5.74) is 6.90. The normalized spacial score (nSPS) is 10.2. The van der Waals surface area contributed by atoms with Crippen LogP contribution in [0.5, 0.6) is 0 Å². The van der Waals surface area contributed by atoms with E-state index in [1.165, 1.54) is 0 Å². The van der Waals surface area contributed by atoms with Crippen LogP contribution in [0.4, 0.5) is 5.69 Å². The van der Waals surface area contributed by atoms with E-state index < -0.39 is 11.9 Å². The van der Waals surface area contributed by atoms with Crippen LogP contribution in [0.3, 0.4) is 0 Å². The molecule has 0 fully saturated rings. The van der Waals surface area contributed by atoms with E-state index in [4.69, 9.17) is 15.2 Å². The third kappa shape index (κ3) is 4.86. The highest BCUT2D eigenvalue weighted by Crippen LogP contribution is 2.11. The van der Waals surface area contributed by atoms with Crippen LogP contribution in [0.15, 0.2) is 24.3 Å². The number of rotatable bonds is 5. The number of nitrogen functional groups attached to an aromatic ring is 1. The summed E-state index contributed by atoms with van der Waals surface area (Å²) in [4.78, 5) is 22.6. The average Bonchev–Trinajstić information content (AvgIpc) is 2.29. The van der Waals surface area contributed by atoms with Crippen molar-refractivity contribution in [2.75, 3.05) is 12.3 Å². The van der Waals surface area contributed by atoms with Gasteiger partial charge >= 0.3 is 11.9 Å². The number of carbonyl (C=O) groups is 2. The Bertz CT molecular complexity index is 429. The standard InChI is InChI=1S/C13H17NO4/c1-9(2)18-13(16)8-17-12(15)7-10-5-3-4-6-11(10)14/h3-6,9H,7-8,14H2,1-2H3. The van der Waals surface area contributed by atoms with Gasteiger partial charge in [-0.3, -0.25) is 4.79 Å². The van der Waals surface area contributed by atoms with Crippen LogP contribution in [0.1, 0.15) is 19.4 Å². The van der Waals surface area contributed by atoms with E-state index >= 15 is 0 Å². The molecule has 0 aromatic heterocycles. The van der Waals surface area contributed by atoms with Crippen molar-refractivity contribution in [2.45, 2.75) is 26.4 Å². The molecule has 0 bridgehead atoms. The number of benzene rings is 1. The molecule has 0 aliphatic carbocycles. The number of anilines is 1. The van der Waals surface area contributed by atoms with E-state index in [-0.39, 0.29) is 19.1 Å². The van der Waals surface area contributed by atoms with Gasteiger partial charge in [0.1, 0.15) is 0 Å². The molecule has 5 nitrogen and oxygen atoms in total. The molecular weight excluding hydrogens is 234 g/mol. The second-order valence-electron chi connectivity index (χ2n) is 4.07. The van der Waals surface area contributed by atoms with E-state index in [9.17, 15) is 9.59 Å². The van der Waals surface area contributed by atoms with Crippen molar-refractivity contribution in [1.29, 1.82) is 0 Å². The molecule has 0 spiro atoms. The van der Waals surface area contributed by atoms with E-state index in [2.05, 4.69) is 0 Å². The fourth-order valence-corrected chi connectivity index (χ4v) is 1.34. The first kappa shape index (κ1) is 14.0. The van der Waals surface area contributed by atoms with Gasteiger partial charge in [-0.25, -0.2) is 4.79 Å². The Kier molecular flexibility index (Phi) is 5.17. The Labute approximate surface area is 106 Å². The molecule has 2 N–H and O–H groups in total. The molecule has 1 rings (SSSR count). The third-order valence-corrected chi connectivity index (χ3v) is 2.11. The van der Waals surface area contributed by atoms with Crippen molar-refractivity contribution in [3.8, 4) is 0 Å². The molecule has 0 aliphatic rings. The van der Waals surface area contributed by atoms with Crippen molar-refractivity contribution in [1.82, 2.24) is 0 Å². The summed E-state index contributed by atoms with van der Waals surface area (Å²) in [6, 6.07) is 7.01. The summed E-state index contributed by atoms with van der Waals surface area (Å²) in [6.07, 6.45) is -0.178. The van der Waals surface area contributed by atoms with Crippen molar-refractivity contribution < 1.29 is 19.1 Å². The smallest absolute Gasteiger partial charge is 0.344 e. The monoisotopic (exact) mass is 251 g/mol. The number of nitrogens with two attached hydrogens (primary N) is 1. The summed E-state index contributed by atoms with van der Waals surface area (Å²) in [7, 11) is 0. The molecule has 1 aromatic rings. The first-order valence-electron chi connectivity index (χ1n) is 5.67. The predicted octanol–water partition coefficient (Wildman–Crippen LogP) is 1.31. The first-order chi connectivity index (χ1) is 8.49. The van der Waals surface area contributed by atoms with Gasteiger partial charge in [-0.2, -0.15) is 0 Å². The van der Waals surface area contributed by atoms with E-state index in [1.54, 1.807) is 38.1 Å². The van der Waals surface area contributed by atoms with Gasteiger partial charge in [0.05, 0.1) is 12.5 Å². The minimum Gasteiger partial charge on any atom is -0.460 e. The van der Waals surface area contributed by atoms with Gasteiger partial charge in [0.2, 0.25) is 0 Å². The fourth-order valence-electron chi connectivity index (χ4n) is 1.34. The lowest BCUT2D eigenvalue weighted by Crippen LogP contribution is -2.20. The molecule has 0 saturated carbocycles. The molecule has 0 atom stereocenters. The SMILES string of the molecule is CC(C)OC(=O)COC(=O)Cc1ccccc1N. The summed E-state index contributed by atoms with van der Waals surface area (Å²) < 4.78 is 9.63. The molecule has 18 heavy (non-hydrogen) atoms. The van der Waals surface area contributed by atoms with Crippen LogP contribution in [-0.2, 0) is 25.5 Å². The number of ether oxygens (including phenoxy) is 2. The maximum absolute atomic E-state index is 11.5. The number of esters is 2. The quantitative estimate of drug-likeness (QED) is 0.630. The number of hydrogen-bond donors (Lipinski definition) is 1. The zero-order chi connectivity index (χ0) is 13.5. The van der Waals surface area contributed by atoms with Crippen molar-refractivity contribution in [3.05, 3.63) is 29.8 Å². The van der Waals surface area contributed by atoms with Gasteiger partial charge in [0, 0.05) is 5.69 Å². The summed E-state index contributed by atoms with van der Waals surface area (Å²) in [5, 5.41) is 0. The van der Waals surface area contributed by atoms with E-state index in [1.807, 2.05) is 0 Å². The van der Waals surface area contributed by atoms with Crippen LogP contribution in [0.25, 0.3) is 0 Å². The zero-order valence-electron chi connectivity index (χ0n) is 10.5. The first-order valence-corrected chi connectivity index (χ1v) is 5.67. The highest BCUT2D eigenvalue weighted by molar-refractivity contribution is 5.78. The van der Waals surface area contributed by atoms with Gasteiger partial charge in [0.15, 0.2) is 6.61 Å². The second-order valence-corrected chi connectivity index (χ2v) is 4.07. The van der Waals surface area contributed by atoms with Crippen LogP contribution in [-0.4, -0.2) is 24.6 Å². The second kappa shape index (κ2) is 6.64. The highest BCUT2D eigenvalue weighted by Gasteiger charge is 2.11. The molecule has 1 aromatic carbocycles. The van der Waals surface area contributed by atoms with Gasteiger partial charge in [-0.1, -0.05) is 18.2 Å². The topological polar surface area (TPSA) is 78.6 Å². The third-order valence-electron chi connectivity index (χ3n) is 2.11. The minimum absolute atomic E-state index is 0.0433. The van der Waals surface area contributed by atoms with Crippen LogP contribution >= 0.6 is 0 Å². The van der Waals surface area contributed by atoms with Crippen molar-refractivity contribution >= 4 is 17.6 Å². The molecule has 0 unspecified atom stereocenters. The average molecular weight is 251 g/mol. The molecule has 5 heteroatoms. The predicted molar refractivity (Wildman–Crippen MR) is 66.7 cm³/mol. The van der Waals surface area contributed by atoms with Crippen molar-refractivity contribution in [2.24, 2.45) is 0 Å². The largest absolute Gasteiger partial charge is 0.460 e. The molecule has 0 heterocycles. The van der Waals surface area contributed by atoms with Gasteiger partial charge in [-0.05, 0) is 25.5 Å². The maximum Gasteiger partial charge on any atom is 0.344 e. The van der Waals surface area contributed by atoms with Crippen LogP contribution < -0.4 is 5.73 Å². The fraction of sp³-hybridized carbons (Fsp3) is 0.385. The summed E-state index contributed by atoms with van der Waals surface area (Å²) in [6.45, 7) is 3.08. The molecule has 0 amide bonds. The lowest BCUT2D eigenvalue weighted by molar-refractivity contribution is -0.160. The van der Waals surface area contributed by atoms with Crippen molar-refractivity contribution in [3.63, 3.8) is 0 Å². The van der Waals surface area contributed by atoms with Crippen LogP contribution in [0, 0.1) is 0 Å². The molecule has 0 aliphatic heterocycles. The zero-order valence-corrected chi connectivity index (χ0v) is 10.5. The van der Waals surface area contributed by atoms with Gasteiger partial charge < -0.3 is 15.2 Å². The number of hydrogen-bond acceptors (Lipinski definition) is 5. The molecular formula is C13H17NO4. The maximum atomic E-state index is 11.5. The summed E-state index contributed by atoms with van der Waals surface area (Å²) in [5.74, 6) is -1.06. The number of carbonyl (C=O) groups excluding carboxylic acids is 2. The van der Waals surface area contributed by atoms with Gasteiger partial charge in [-0.15, -0.1) is 0 Å². The Morgan fingerprint density at radius 1 is 1.22 bits per heavy atom. The molecule has 0 saturated heterocycles. The Morgan fingerprint density at radius 2 is 1.89 bits per heavy atom. The summed E-state index contributed by atoms with van der Waals surface area (Å²) >= 11 is 0. The lowest BCUT2D eigenvalue weighted by atomic mass is 10.1. The van der Waals surface area contributed by atoms with Crippen LogP contribution in [0.2, 0.25) is 0 Å². The Balaban J connectivity index is 2.39. The van der Waals surface area contributed by atoms with E-state index in [0.29, 0.717) is 11.3 Å². The number of para-hydroxylation sites is 1. The lowest BCUT2D eigenvalue weighted by Gasteiger charge is -2.09. The Morgan fingerprint density at radius 3 is 2.50 bits per heavy atom. The molecule has 98 valence electrons. The minimum atomic E-state index is -0.556. The van der Waals surface area contributed by atoms with Gasteiger partial charge in [0.25, 0.3) is 0 Å². The Hall–Kier alpha value is -2.04. The van der Waals surface area contributed by atoms with E-state index in [0.717, 1.165) is 0 Å². The molecule has 0 radical (unpaired) electrons.